The van der Waals surface area contributed by atoms with Crippen LogP contribution in [0.3, 0.4) is 0 Å². The Hall–Kier alpha value is -0.850. The molecule has 1 aliphatic rings. The van der Waals surface area contributed by atoms with Crippen molar-refractivity contribution in [2.24, 2.45) is 0 Å². The van der Waals surface area contributed by atoms with E-state index in [1.54, 1.807) is 11.3 Å². The van der Waals surface area contributed by atoms with Crippen LogP contribution in [0.1, 0.15) is 11.8 Å². The molecule has 2 aromatic heterocycles. The third kappa shape index (κ3) is 2.12. The molecule has 1 aliphatic heterocycles. The van der Waals surface area contributed by atoms with Crippen molar-refractivity contribution >= 4 is 23.1 Å². The molecular weight excluding hydrogens is 254 g/mol. The summed E-state index contributed by atoms with van der Waals surface area (Å²) in [5.74, 6) is 3.97. The summed E-state index contributed by atoms with van der Waals surface area (Å²) in [4.78, 5) is 5.57. The van der Waals surface area contributed by atoms with Crippen molar-refractivity contribution in [3.05, 3.63) is 23.4 Å². The number of hydrogen-bond donors (Lipinski definition) is 1. The Morgan fingerprint density at radius 1 is 1.47 bits per heavy atom. The first kappa shape index (κ1) is 11.3. The van der Waals surface area contributed by atoms with Crippen molar-refractivity contribution in [1.29, 1.82) is 0 Å². The summed E-state index contributed by atoms with van der Waals surface area (Å²) in [6.45, 7) is 0. The van der Waals surface area contributed by atoms with Crippen molar-refractivity contribution < 1.29 is 4.52 Å². The Balaban J connectivity index is 1.85. The van der Waals surface area contributed by atoms with Gasteiger partial charge in [0.15, 0.2) is 0 Å². The molecule has 3 heterocycles. The lowest BCUT2D eigenvalue weighted by molar-refractivity contribution is 0.344. The fourth-order valence-electron chi connectivity index (χ4n) is 1.97. The van der Waals surface area contributed by atoms with E-state index in [0.29, 0.717) is 17.8 Å². The minimum Gasteiger partial charge on any atom is -0.339 e. The van der Waals surface area contributed by atoms with E-state index in [4.69, 9.17) is 4.52 Å². The van der Waals surface area contributed by atoms with Gasteiger partial charge in [0, 0.05) is 17.5 Å². The smallest absolute Gasteiger partial charge is 0.232 e. The molecule has 6 heteroatoms. The summed E-state index contributed by atoms with van der Waals surface area (Å²) in [7, 11) is 1.99. The van der Waals surface area contributed by atoms with E-state index in [1.807, 2.05) is 36.3 Å². The zero-order valence-corrected chi connectivity index (χ0v) is 11.1. The van der Waals surface area contributed by atoms with E-state index in [9.17, 15) is 0 Å². The zero-order chi connectivity index (χ0) is 11.7. The summed E-state index contributed by atoms with van der Waals surface area (Å²) < 4.78 is 5.40. The van der Waals surface area contributed by atoms with E-state index in [2.05, 4.69) is 15.5 Å². The minimum absolute atomic E-state index is 0.339. The summed E-state index contributed by atoms with van der Waals surface area (Å²) in [6, 6.07) is 4.45. The summed E-state index contributed by atoms with van der Waals surface area (Å²) in [6.07, 6.45) is 0. The fourth-order valence-corrected chi connectivity index (χ4v) is 4.04. The van der Waals surface area contributed by atoms with Crippen LogP contribution in [0.4, 0.5) is 0 Å². The second kappa shape index (κ2) is 4.80. The van der Waals surface area contributed by atoms with E-state index < -0.39 is 0 Å². The molecule has 1 saturated heterocycles. The highest BCUT2D eigenvalue weighted by molar-refractivity contribution is 7.99. The topological polar surface area (TPSA) is 51.0 Å². The van der Waals surface area contributed by atoms with Gasteiger partial charge in [-0.25, -0.2) is 0 Å². The number of nitrogens with zero attached hydrogens (tertiary/aromatic N) is 2. The van der Waals surface area contributed by atoms with Crippen molar-refractivity contribution in [1.82, 2.24) is 15.5 Å². The number of aromatic nitrogens is 2. The van der Waals surface area contributed by atoms with E-state index in [1.165, 1.54) is 0 Å². The maximum Gasteiger partial charge on any atom is 0.232 e. The van der Waals surface area contributed by atoms with Gasteiger partial charge in [0.25, 0.3) is 0 Å². The van der Waals surface area contributed by atoms with Crippen LogP contribution in [0.5, 0.6) is 0 Å². The predicted molar refractivity (Wildman–Crippen MR) is 70.5 cm³/mol. The first-order valence-corrected chi connectivity index (χ1v) is 7.54. The molecule has 2 aromatic rings. The van der Waals surface area contributed by atoms with Crippen LogP contribution in [0, 0.1) is 0 Å². The van der Waals surface area contributed by atoms with Crippen molar-refractivity contribution in [2.75, 3.05) is 18.6 Å². The van der Waals surface area contributed by atoms with Gasteiger partial charge in [0.2, 0.25) is 11.7 Å². The number of likely N-dealkylation sites (N-methyl/N-ethyl adjacent to an activating group) is 1. The largest absolute Gasteiger partial charge is 0.339 e. The third-order valence-corrected chi connectivity index (χ3v) is 5.01. The van der Waals surface area contributed by atoms with Gasteiger partial charge in [-0.1, -0.05) is 11.2 Å². The van der Waals surface area contributed by atoms with Crippen LogP contribution >= 0.6 is 23.1 Å². The van der Waals surface area contributed by atoms with Gasteiger partial charge >= 0.3 is 0 Å². The van der Waals surface area contributed by atoms with Gasteiger partial charge in [0.05, 0.1) is 10.8 Å². The molecule has 0 radical (unpaired) electrons. The van der Waals surface area contributed by atoms with E-state index >= 15 is 0 Å². The Morgan fingerprint density at radius 2 is 2.41 bits per heavy atom. The van der Waals surface area contributed by atoms with Crippen LogP contribution in [-0.2, 0) is 0 Å². The molecule has 90 valence electrons. The summed E-state index contributed by atoms with van der Waals surface area (Å²) in [5, 5.41) is 9.39. The maximum atomic E-state index is 5.40. The SMILES string of the molecule is CNC1CSCC1c1nc(-c2cccs2)no1. The van der Waals surface area contributed by atoms with E-state index in [0.717, 1.165) is 22.3 Å². The highest BCUT2D eigenvalue weighted by atomic mass is 32.2. The molecule has 0 bridgehead atoms. The van der Waals surface area contributed by atoms with E-state index in [-0.39, 0.29) is 0 Å². The molecule has 0 aliphatic carbocycles. The van der Waals surface area contributed by atoms with Crippen molar-refractivity contribution in [2.45, 2.75) is 12.0 Å². The zero-order valence-electron chi connectivity index (χ0n) is 9.42. The number of rotatable bonds is 3. The predicted octanol–water partition coefficient (Wildman–Crippen LogP) is 2.22. The molecule has 2 unspecified atom stereocenters. The standard InChI is InChI=1S/C11H13N3OS2/c1-12-8-6-16-5-7(8)11-13-10(14-15-11)9-3-2-4-17-9/h2-4,7-8,12H,5-6H2,1H3. The highest BCUT2D eigenvalue weighted by Gasteiger charge is 2.32. The second-order valence-corrected chi connectivity index (χ2v) is 6.00. The van der Waals surface area contributed by atoms with Crippen LogP contribution in [0.25, 0.3) is 10.7 Å². The van der Waals surface area contributed by atoms with Gasteiger partial charge in [0.1, 0.15) is 0 Å². The summed E-state index contributed by atoms with van der Waals surface area (Å²) in [5.41, 5.74) is 0. The number of hydrogen-bond acceptors (Lipinski definition) is 6. The molecule has 17 heavy (non-hydrogen) atoms. The van der Waals surface area contributed by atoms with Crippen molar-refractivity contribution in [3.63, 3.8) is 0 Å². The van der Waals surface area contributed by atoms with Crippen LogP contribution < -0.4 is 5.32 Å². The average molecular weight is 267 g/mol. The summed E-state index contributed by atoms with van der Waals surface area (Å²) >= 11 is 3.56. The maximum absolute atomic E-state index is 5.40. The first-order chi connectivity index (χ1) is 8.38. The molecule has 0 aromatic carbocycles. The molecule has 0 amide bonds. The minimum atomic E-state index is 0.339. The Labute approximate surface area is 108 Å². The van der Waals surface area contributed by atoms with Gasteiger partial charge < -0.3 is 9.84 Å². The Bertz CT molecular complexity index is 483. The Kier molecular flexibility index (Phi) is 3.17. The molecule has 3 rings (SSSR count). The number of thioether (sulfide) groups is 1. The molecule has 0 saturated carbocycles. The second-order valence-electron chi connectivity index (χ2n) is 3.97. The van der Waals surface area contributed by atoms with Gasteiger partial charge in [-0.15, -0.1) is 11.3 Å². The molecule has 4 nitrogen and oxygen atoms in total. The molecule has 2 atom stereocenters. The first-order valence-electron chi connectivity index (χ1n) is 5.51. The molecule has 0 spiro atoms. The van der Waals surface area contributed by atoms with Crippen LogP contribution in [0.2, 0.25) is 0 Å². The van der Waals surface area contributed by atoms with Gasteiger partial charge in [-0.3, -0.25) is 0 Å². The number of nitrogens with one attached hydrogen (secondary N) is 1. The molecule has 1 N–H and O–H groups in total. The lowest BCUT2D eigenvalue weighted by Gasteiger charge is -2.13. The quantitative estimate of drug-likeness (QED) is 0.924. The van der Waals surface area contributed by atoms with Gasteiger partial charge in [-0.2, -0.15) is 16.7 Å². The van der Waals surface area contributed by atoms with Crippen LogP contribution in [0.15, 0.2) is 22.0 Å². The monoisotopic (exact) mass is 267 g/mol. The highest BCUT2D eigenvalue weighted by Crippen LogP contribution is 2.33. The molecule has 1 fully saturated rings. The lowest BCUT2D eigenvalue weighted by atomic mass is 10.0. The fraction of sp³-hybridized carbons (Fsp3) is 0.455. The normalized spacial score (nSPS) is 24.3. The third-order valence-electron chi connectivity index (χ3n) is 2.95. The number of thiophene rings is 1. The van der Waals surface area contributed by atoms with Crippen molar-refractivity contribution in [3.8, 4) is 10.7 Å². The molecular formula is C11H13N3OS2. The average Bonchev–Trinajstić information content (AvgIpc) is 3.09. The van der Waals surface area contributed by atoms with Crippen LogP contribution in [-0.4, -0.2) is 34.7 Å². The lowest BCUT2D eigenvalue weighted by Crippen LogP contribution is -2.30. The van der Waals surface area contributed by atoms with Gasteiger partial charge in [-0.05, 0) is 18.5 Å². The Morgan fingerprint density at radius 3 is 3.18 bits per heavy atom.